The number of carbonyl (C=O) groups is 1. The van der Waals surface area contributed by atoms with Gasteiger partial charge in [0.15, 0.2) is 0 Å². The molecule has 2 heterocycles. The van der Waals surface area contributed by atoms with Crippen LogP contribution in [0.2, 0.25) is 0 Å². The van der Waals surface area contributed by atoms with Crippen LogP contribution >= 0.6 is 0 Å². The van der Waals surface area contributed by atoms with Crippen molar-refractivity contribution >= 4 is 5.91 Å². The summed E-state index contributed by atoms with van der Waals surface area (Å²) in [6.45, 7) is 4.11. The van der Waals surface area contributed by atoms with Crippen LogP contribution in [-0.2, 0) is 0 Å². The molecule has 1 aliphatic rings. The topological polar surface area (TPSA) is 45.2 Å². The van der Waals surface area contributed by atoms with Crippen LogP contribution < -0.4 is 5.32 Å². The van der Waals surface area contributed by atoms with Crippen molar-refractivity contribution in [3.8, 4) is 0 Å². The lowest BCUT2D eigenvalue weighted by Crippen LogP contribution is -2.37. The molecule has 1 aliphatic heterocycles. The van der Waals surface area contributed by atoms with Gasteiger partial charge in [0.2, 0.25) is 0 Å². The maximum absolute atomic E-state index is 12.2. The van der Waals surface area contributed by atoms with Gasteiger partial charge in [0.1, 0.15) is 5.69 Å². The molecule has 1 fully saturated rings. The van der Waals surface area contributed by atoms with Crippen molar-refractivity contribution in [1.82, 2.24) is 15.2 Å². The van der Waals surface area contributed by atoms with Gasteiger partial charge in [-0.2, -0.15) is 0 Å². The van der Waals surface area contributed by atoms with Crippen molar-refractivity contribution in [2.45, 2.75) is 25.4 Å². The summed E-state index contributed by atoms with van der Waals surface area (Å²) < 4.78 is 0. The number of hydrogen-bond donors (Lipinski definition) is 1. The van der Waals surface area contributed by atoms with E-state index in [-0.39, 0.29) is 11.9 Å². The van der Waals surface area contributed by atoms with E-state index in [4.69, 9.17) is 0 Å². The zero-order chi connectivity index (χ0) is 15.4. The van der Waals surface area contributed by atoms with Crippen LogP contribution in [0.25, 0.3) is 0 Å². The summed E-state index contributed by atoms with van der Waals surface area (Å²) >= 11 is 0. The Kier molecular flexibility index (Phi) is 4.49. The van der Waals surface area contributed by atoms with Crippen molar-refractivity contribution < 1.29 is 4.79 Å². The molecular formula is C18H21N3O. The summed E-state index contributed by atoms with van der Waals surface area (Å²) in [6.07, 6.45) is 2.63. The van der Waals surface area contributed by atoms with E-state index in [0.717, 1.165) is 19.5 Å². The highest BCUT2D eigenvalue weighted by atomic mass is 16.1. The third-order valence-electron chi connectivity index (χ3n) is 4.28. The Labute approximate surface area is 131 Å². The van der Waals surface area contributed by atoms with Gasteiger partial charge in [-0.05, 0) is 31.0 Å². The predicted octanol–water partition coefficient (Wildman–Crippen LogP) is 2.65. The second kappa shape index (κ2) is 6.71. The molecule has 0 radical (unpaired) electrons. The predicted molar refractivity (Wildman–Crippen MR) is 86.5 cm³/mol. The number of pyridine rings is 1. The Morgan fingerprint density at radius 2 is 2.00 bits per heavy atom. The molecule has 1 saturated heterocycles. The van der Waals surface area contributed by atoms with Gasteiger partial charge in [-0.25, -0.2) is 0 Å². The Bertz CT molecular complexity index is 615. The van der Waals surface area contributed by atoms with Crippen LogP contribution in [0.4, 0.5) is 0 Å². The first-order valence-corrected chi connectivity index (χ1v) is 7.75. The molecule has 22 heavy (non-hydrogen) atoms. The van der Waals surface area contributed by atoms with E-state index in [1.165, 1.54) is 5.56 Å². The SMILES string of the molecule is C[C@@H](c1ccccc1)N1CC[C@H](NC(=O)c2ccccn2)C1. The maximum Gasteiger partial charge on any atom is 0.270 e. The zero-order valence-corrected chi connectivity index (χ0v) is 12.8. The third-order valence-corrected chi connectivity index (χ3v) is 4.28. The number of aromatic nitrogens is 1. The summed E-state index contributed by atoms with van der Waals surface area (Å²) in [7, 11) is 0. The molecule has 0 spiro atoms. The van der Waals surface area contributed by atoms with E-state index >= 15 is 0 Å². The minimum Gasteiger partial charge on any atom is -0.347 e. The molecule has 114 valence electrons. The fourth-order valence-electron chi connectivity index (χ4n) is 2.96. The molecule has 2 aromatic rings. The molecule has 3 rings (SSSR count). The second-order valence-electron chi connectivity index (χ2n) is 5.76. The van der Waals surface area contributed by atoms with E-state index in [1.807, 2.05) is 18.2 Å². The summed E-state index contributed by atoms with van der Waals surface area (Å²) in [6, 6.07) is 16.5. The largest absolute Gasteiger partial charge is 0.347 e. The monoisotopic (exact) mass is 295 g/mol. The first-order valence-electron chi connectivity index (χ1n) is 7.75. The van der Waals surface area contributed by atoms with Gasteiger partial charge >= 0.3 is 0 Å². The highest BCUT2D eigenvalue weighted by molar-refractivity contribution is 5.92. The first-order chi connectivity index (χ1) is 10.7. The van der Waals surface area contributed by atoms with Crippen LogP contribution in [0.1, 0.15) is 35.4 Å². The van der Waals surface area contributed by atoms with E-state index in [1.54, 1.807) is 12.3 Å². The van der Waals surface area contributed by atoms with Gasteiger partial charge in [-0.15, -0.1) is 0 Å². The second-order valence-corrected chi connectivity index (χ2v) is 5.76. The number of nitrogens with zero attached hydrogens (tertiary/aromatic N) is 2. The van der Waals surface area contributed by atoms with Crippen molar-refractivity contribution in [1.29, 1.82) is 0 Å². The summed E-state index contributed by atoms with van der Waals surface area (Å²) in [5, 5.41) is 3.09. The lowest BCUT2D eigenvalue weighted by molar-refractivity contribution is 0.0931. The fraction of sp³-hybridized carbons (Fsp3) is 0.333. The highest BCUT2D eigenvalue weighted by Gasteiger charge is 2.28. The van der Waals surface area contributed by atoms with E-state index in [2.05, 4.69) is 46.4 Å². The molecule has 0 unspecified atom stereocenters. The number of hydrogen-bond acceptors (Lipinski definition) is 3. The van der Waals surface area contributed by atoms with Crippen molar-refractivity contribution in [3.63, 3.8) is 0 Å². The van der Waals surface area contributed by atoms with Gasteiger partial charge in [0.05, 0.1) is 0 Å². The highest BCUT2D eigenvalue weighted by Crippen LogP contribution is 2.24. The van der Waals surface area contributed by atoms with Crippen molar-refractivity contribution in [2.24, 2.45) is 0 Å². The fourth-order valence-corrected chi connectivity index (χ4v) is 2.96. The average Bonchev–Trinajstić information content (AvgIpc) is 3.04. The lowest BCUT2D eigenvalue weighted by atomic mass is 10.1. The Morgan fingerprint density at radius 3 is 2.73 bits per heavy atom. The molecule has 0 aliphatic carbocycles. The molecule has 2 atom stereocenters. The Morgan fingerprint density at radius 1 is 1.23 bits per heavy atom. The van der Waals surface area contributed by atoms with Crippen LogP contribution in [0.5, 0.6) is 0 Å². The molecular weight excluding hydrogens is 274 g/mol. The smallest absolute Gasteiger partial charge is 0.270 e. The van der Waals surface area contributed by atoms with Crippen LogP contribution in [0.3, 0.4) is 0 Å². The first kappa shape index (κ1) is 14.7. The van der Waals surface area contributed by atoms with Crippen LogP contribution in [0.15, 0.2) is 54.7 Å². The number of likely N-dealkylation sites (tertiary alicyclic amines) is 1. The molecule has 1 N–H and O–H groups in total. The summed E-state index contributed by atoms with van der Waals surface area (Å²) in [5.74, 6) is -0.0835. The lowest BCUT2D eigenvalue weighted by Gasteiger charge is -2.24. The minimum atomic E-state index is -0.0835. The zero-order valence-electron chi connectivity index (χ0n) is 12.8. The number of nitrogens with one attached hydrogen (secondary N) is 1. The third kappa shape index (κ3) is 3.34. The van der Waals surface area contributed by atoms with E-state index in [0.29, 0.717) is 11.7 Å². The standard InChI is InChI=1S/C18H21N3O/c1-14(15-7-3-2-4-8-15)21-12-10-16(13-21)20-18(22)17-9-5-6-11-19-17/h2-9,11,14,16H,10,12-13H2,1H3,(H,20,22)/t14-,16-/m0/s1. The molecule has 1 aromatic carbocycles. The Hall–Kier alpha value is -2.20. The normalized spacial score (nSPS) is 19.8. The van der Waals surface area contributed by atoms with E-state index in [9.17, 15) is 4.79 Å². The number of benzene rings is 1. The van der Waals surface area contributed by atoms with E-state index < -0.39 is 0 Å². The van der Waals surface area contributed by atoms with Crippen molar-refractivity contribution in [2.75, 3.05) is 13.1 Å². The number of amides is 1. The molecule has 0 saturated carbocycles. The average molecular weight is 295 g/mol. The summed E-state index contributed by atoms with van der Waals surface area (Å²) in [4.78, 5) is 18.7. The molecule has 1 amide bonds. The van der Waals surface area contributed by atoms with Crippen LogP contribution in [-0.4, -0.2) is 34.9 Å². The molecule has 4 nitrogen and oxygen atoms in total. The molecule has 0 bridgehead atoms. The maximum atomic E-state index is 12.2. The Balaban J connectivity index is 1.57. The number of carbonyl (C=O) groups excluding carboxylic acids is 1. The molecule has 4 heteroatoms. The van der Waals surface area contributed by atoms with Gasteiger partial charge < -0.3 is 5.32 Å². The van der Waals surface area contributed by atoms with Crippen molar-refractivity contribution in [3.05, 3.63) is 66.0 Å². The summed E-state index contributed by atoms with van der Waals surface area (Å²) in [5.41, 5.74) is 1.80. The van der Waals surface area contributed by atoms with Gasteiger partial charge in [-0.3, -0.25) is 14.7 Å². The van der Waals surface area contributed by atoms with Gasteiger partial charge in [0.25, 0.3) is 5.91 Å². The van der Waals surface area contributed by atoms with Gasteiger partial charge in [0, 0.05) is 31.4 Å². The molecule has 1 aromatic heterocycles. The van der Waals surface area contributed by atoms with Gasteiger partial charge in [-0.1, -0.05) is 36.4 Å². The quantitative estimate of drug-likeness (QED) is 0.943. The van der Waals surface area contributed by atoms with Crippen LogP contribution in [0, 0.1) is 0 Å². The number of rotatable bonds is 4. The minimum absolute atomic E-state index is 0.0835.